The summed E-state index contributed by atoms with van der Waals surface area (Å²) in [4.78, 5) is 39.2. The van der Waals surface area contributed by atoms with Gasteiger partial charge in [0.25, 0.3) is 0 Å². The first-order chi connectivity index (χ1) is 13.0. The van der Waals surface area contributed by atoms with E-state index in [1.54, 1.807) is 6.92 Å². The number of hydrogen-bond donors (Lipinski definition) is 1. The molecule has 0 aromatic heterocycles. The van der Waals surface area contributed by atoms with Crippen LogP contribution in [0.1, 0.15) is 80.1 Å². The van der Waals surface area contributed by atoms with E-state index in [-0.39, 0.29) is 41.7 Å². The Hall–Kier alpha value is -1.23. The molecule has 0 aromatic carbocycles. The number of esters is 1. The third-order valence-corrected chi connectivity index (χ3v) is 9.03. The first-order valence-corrected chi connectivity index (χ1v) is 10.9. The molecule has 28 heavy (non-hydrogen) atoms. The number of carbonyl (C=O) groups is 3. The normalized spacial score (nSPS) is 48.6. The third-order valence-electron chi connectivity index (χ3n) is 9.03. The average molecular weight is 393 g/mol. The van der Waals surface area contributed by atoms with Crippen LogP contribution in [0.15, 0.2) is 0 Å². The molecule has 3 aliphatic rings. The molecule has 3 aliphatic carbocycles. The fraction of sp³-hybridized carbons (Fsp3) is 0.870. The number of carbonyl (C=O) groups excluding carboxylic acids is 3. The predicted octanol–water partition coefficient (Wildman–Crippen LogP) is 3.71. The number of ether oxygens (including phenoxy) is 1. The van der Waals surface area contributed by atoms with Crippen molar-refractivity contribution in [2.45, 2.75) is 92.3 Å². The molecular weight excluding hydrogens is 356 g/mol. The molecule has 0 aliphatic heterocycles. The molecule has 5 nitrogen and oxygen atoms in total. The molecule has 0 saturated heterocycles. The number of rotatable bonds is 3. The lowest BCUT2D eigenvalue weighted by atomic mass is 9.43. The molecule has 1 N–H and O–H groups in total. The number of aliphatic hydroxyl groups is 1. The first-order valence-electron chi connectivity index (χ1n) is 10.9. The van der Waals surface area contributed by atoms with E-state index in [0.717, 1.165) is 0 Å². The van der Waals surface area contributed by atoms with Gasteiger partial charge in [-0.15, -0.1) is 0 Å². The van der Waals surface area contributed by atoms with Crippen LogP contribution < -0.4 is 0 Å². The van der Waals surface area contributed by atoms with Crippen LogP contribution in [-0.4, -0.2) is 34.9 Å². The van der Waals surface area contributed by atoms with Gasteiger partial charge in [0, 0.05) is 35.5 Å². The van der Waals surface area contributed by atoms with Gasteiger partial charge in [0.05, 0.1) is 6.10 Å². The van der Waals surface area contributed by atoms with Gasteiger partial charge in [-0.1, -0.05) is 41.5 Å². The standard InChI is InChI=1S/C23H36O5/c1-7-18(26)28-17-12-21(5,8-2)20(27)14(4)23-10-9-15(24)19(23)22(17,6)13(3)16(25)11-23/h13-14,16-17,19,25H,7-12H2,1-6H3/t13?,14-,16?,17+,19?,21+,22?,23+/m0/s1. The van der Waals surface area contributed by atoms with Crippen LogP contribution in [0.5, 0.6) is 0 Å². The van der Waals surface area contributed by atoms with E-state index in [1.807, 2.05) is 34.6 Å². The van der Waals surface area contributed by atoms with Crippen molar-refractivity contribution in [1.29, 1.82) is 0 Å². The van der Waals surface area contributed by atoms with Crippen molar-refractivity contribution < 1.29 is 24.2 Å². The van der Waals surface area contributed by atoms with Gasteiger partial charge >= 0.3 is 5.97 Å². The van der Waals surface area contributed by atoms with Gasteiger partial charge < -0.3 is 9.84 Å². The molecule has 0 radical (unpaired) electrons. The van der Waals surface area contributed by atoms with E-state index < -0.39 is 28.5 Å². The topological polar surface area (TPSA) is 80.7 Å². The van der Waals surface area contributed by atoms with Crippen LogP contribution in [0.2, 0.25) is 0 Å². The Kier molecular flexibility index (Phi) is 5.31. The Balaban J connectivity index is 2.25. The largest absolute Gasteiger partial charge is 0.462 e. The molecule has 8 atom stereocenters. The van der Waals surface area contributed by atoms with Crippen LogP contribution in [0.3, 0.4) is 0 Å². The summed E-state index contributed by atoms with van der Waals surface area (Å²) >= 11 is 0. The summed E-state index contributed by atoms with van der Waals surface area (Å²) in [6.07, 6.45) is 1.70. The summed E-state index contributed by atoms with van der Waals surface area (Å²) in [5.74, 6) is -0.834. The van der Waals surface area contributed by atoms with Crippen molar-refractivity contribution in [2.75, 3.05) is 0 Å². The number of ketones is 2. The van der Waals surface area contributed by atoms with E-state index >= 15 is 0 Å². The molecule has 4 unspecified atom stereocenters. The SMILES string of the molecule is CCC(=O)O[C@@H]1C[C@@](C)(CC)C(=O)[C@H](C)[C@]23CCC(=O)C2C1(C)C(C)C(O)C3. The monoisotopic (exact) mass is 392 g/mol. The van der Waals surface area contributed by atoms with Crippen molar-refractivity contribution >= 4 is 17.5 Å². The minimum Gasteiger partial charge on any atom is -0.462 e. The van der Waals surface area contributed by atoms with Gasteiger partial charge in [-0.3, -0.25) is 14.4 Å². The smallest absolute Gasteiger partial charge is 0.305 e. The molecule has 2 bridgehead atoms. The van der Waals surface area contributed by atoms with Crippen LogP contribution in [0.4, 0.5) is 0 Å². The summed E-state index contributed by atoms with van der Waals surface area (Å²) in [6, 6.07) is 0. The fourth-order valence-electron chi connectivity index (χ4n) is 6.76. The van der Waals surface area contributed by atoms with Crippen molar-refractivity contribution in [3.05, 3.63) is 0 Å². The molecule has 3 rings (SSSR count). The third kappa shape index (κ3) is 2.72. The minimum atomic E-state index is -0.679. The van der Waals surface area contributed by atoms with Gasteiger partial charge in [0.2, 0.25) is 0 Å². The highest BCUT2D eigenvalue weighted by atomic mass is 16.5. The minimum absolute atomic E-state index is 0.149. The van der Waals surface area contributed by atoms with E-state index in [1.165, 1.54) is 0 Å². The lowest BCUT2D eigenvalue weighted by Crippen LogP contribution is -2.65. The Morgan fingerprint density at radius 3 is 2.39 bits per heavy atom. The maximum atomic E-state index is 13.7. The van der Waals surface area contributed by atoms with Crippen molar-refractivity contribution in [3.8, 4) is 0 Å². The second-order valence-electron chi connectivity index (χ2n) is 10.1. The lowest BCUT2D eigenvalue weighted by molar-refractivity contribution is -0.211. The van der Waals surface area contributed by atoms with Gasteiger partial charge in [0.15, 0.2) is 0 Å². The van der Waals surface area contributed by atoms with Crippen LogP contribution >= 0.6 is 0 Å². The summed E-state index contributed by atoms with van der Waals surface area (Å²) in [7, 11) is 0. The fourth-order valence-corrected chi connectivity index (χ4v) is 6.76. The molecular formula is C23H36O5. The Morgan fingerprint density at radius 1 is 1.18 bits per heavy atom. The second kappa shape index (κ2) is 6.93. The van der Waals surface area contributed by atoms with Gasteiger partial charge in [0.1, 0.15) is 17.7 Å². The first kappa shape index (κ1) is 21.5. The number of Topliss-reactive ketones (excluding diaryl/α,β-unsaturated/α-hetero) is 2. The number of hydrogen-bond acceptors (Lipinski definition) is 5. The Morgan fingerprint density at radius 2 is 1.82 bits per heavy atom. The highest BCUT2D eigenvalue weighted by molar-refractivity contribution is 5.92. The Labute approximate surface area is 168 Å². The van der Waals surface area contributed by atoms with Gasteiger partial charge in [-0.25, -0.2) is 0 Å². The average Bonchev–Trinajstić information content (AvgIpc) is 3.01. The van der Waals surface area contributed by atoms with Crippen molar-refractivity contribution in [1.82, 2.24) is 0 Å². The van der Waals surface area contributed by atoms with E-state index in [9.17, 15) is 19.5 Å². The maximum absolute atomic E-state index is 13.7. The number of aliphatic hydroxyl groups excluding tert-OH is 1. The zero-order chi connectivity index (χ0) is 21.1. The zero-order valence-electron chi connectivity index (χ0n) is 18.2. The van der Waals surface area contributed by atoms with Crippen LogP contribution in [0.25, 0.3) is 0 Å². The molecule has 158 valence electrons. The van der Waals surface area contributed by atoms with E-state index in [0.29, 0.717) is 32.1 Å². The lowest BCUT2D eigenvalue weighted by Gasteiger charge is -2.61. The molecule has 3 saturated carbocycles. The quantitative estimate of drug-likeness (QED) is 0.741. The highest BCUT2D eigenvalue weighted by Crippen LogP contribution is 2.67. The molecule has 0 heterocycles. The molecule has 3 fully saturated rings. The van der Waals surface area contributed by atoms with E-state index in [2.05, 4.69) is 0 Å². The summed E-state index contributed by atoms with van der Waals surface area (Å²) in [6.45, 7) is 11.7. The molecule has 0 amide bonds. The van der Waals surface area contributed by atoms with Gasteiger partial charge in [-0.05, 0) is 37.0 Å². The highest BCUT2D eigenvalue weighted by Gasteiger charge is 2.70. The van der Waals surface area contributed by atoms with Crippen molar-refractivity contribution in [2.24, 2.45) is 34.0 Å². The Bertz CT molecular complexity index is 686. The van der Waals surface area contributed by atoms with Crippen LogP contribution in [-0.2, 0) is 19.1 Å². The van der Waals surface area contributed by atoms with E-state index in [4.69, 9.17) is 4.74 Å². The zero-order valence-corrected chi connectivity index (χ0v) is 18.2. The van der Waals surface area contributed by atoms with Gasteiger partial charge in [-0.2, -0.15) is 0 Å². The molecule has 5 heteroatoms. The van der Waals surface area contributed by atoms with Crippen LogP contribution in [0, 0.1) is 34.0 Å². The summed E-state index contributed by atoms with van der Waals surface area (Å²) in [5.41, 5.74) is -1.82. The summed E-state index contributed by atoms with van der Waals surface area (Å²) < 4.78 is 5.96. The van der Waals surface area contributed by atoms with Crippen molar-refractivity contribution in [3.63, 3.8) is 0 Å². The maximum Gasteiger partial charge on any atom is 0.305 e. The summed E-state index contributed by atoms with van der Waals surface area (Å²) in [5, 5.41) is 11.0. The molecule has 0 aromatic rings. The predicted molar refractivity (Wildman–Crippen MR) is 105 cm³/mol. The molecule has 0 spiro atoms. The second-order valence-corrected chi connectivity index (χ2v) is 10.1.